The Balaban J connectivity index is 1.72. The van der Waals surface area contributed by atoms with Crippen LogP contribution in [0.5, 0.6) is 5.75 Å². The predicted molar refractivity (Wildman–Crippen MR) is 106 cm³/mol. The summed E-state index contributed by atoms with van der Waals surface area (Å²) in [7, 11) is 0. The summed E-state index contributed by atoms with van der Waals surface area (Å²) in [5, 5.41) is 2.88. The zero-order chi connectivity index (χ0) is 19.0. The molecule has 1 saturated heterocycles. The fraction of sp³-hybridized carbons (Fsp3) is 0.667. The van der Waals surface area contributed by atoms with Gasteiger partial charge in [-0.25, -0.2) is 0 Å². The minimum absolute atomic E-state index is 0.149. The van der Waals surface area contributed by atoms with Gasteiger partial charge in [0.25, 0.3) is 5.91 Å². The molecule has 2 rings (SSSR count). The summed E-state index contributed by atoms with van der Waals surface area (Å²) in [6.45, 7) is 11.3. The predicted octanol–water partition coefficient (Wildman–Crippen LogP) is 4.08. The molecule has 0 bridgehead atoms. The van der Waals surface area contributed by atoms with Crippen molar-refractivity contribution in [3.63, 3.8) is 0 Å². The molecule has 0 unspecified atom stereocenters. The second-order valence-electron chi connectivity index (χ2n) is 7.50. The van der Waals surface area contributed by atoms with Crippen LogP contribution < -0.4 is 10.1 Å². The van der Waals surface area contributed by atoms with Crippen molar-refractivity contribution in [1.82, 2.24) is 4.90 Å². The van der Waals surface area contributed by atoms with E-state index in [9.17, 15) is 4.79 Å². The summed E-state index contributed by atoms with van der Waals surface area (Å²) < 4.78 is 11.3. The number of piperidine rings is 1. The highest BCUT2D eigenvalue weighted by Gasteiger charge is 2.27. The summed E-state index contributed by atoms with van der Waals surface area (Å²) in [5.74, 6) is 0.683. The van der Waals surface area contributed by atoms with Gasteiger partial charge in [-0.2, -0.15) is 0 Å². The van der Waals surface area contributed by atoms with Crippen LogP contribution in [0.15, 0.2) is 24.3 Å². The average molecular weight is 363 g/mol. The Morgan fingerprint density at radius 2 is 2.00 bits per heavy atom. The van der Waals surface area contributed by atoms with Crippen LogP contribution in [0.25, 0.3) is 0 Å². The van der Waals surface area contributed by atoms with E-state index in [-0.39, 0.29) is 5.91 Å². The van der Waals surface area contributed by atoms with E-state index in [1.54, 1.807) is 13.8 Å². The van der Waals surface area contributed by atoms with Gasteiger partial charge in [-0.1, -0.05) is 6.42 Å². The third kappa shape index (κ3) is 6.29. The number of hydrogen-bond acceptors (Lipinski definition) is 4. The Hall–Kier alpha value is -1.59. The van der Waals surface area contributed by atoms with Gasteiger partial charge in [0, 0.05) is 24.9 Å². The molecule has 1 N–H and O–H groups in total. The molecule has 26 heavy (non-hydrogen) atoms. The lowest BCUT2D eigenvalue weighted by Crippen LogP contribution is -2.39. The van der Waals surface area contributed by atoms with Gasteiger partial charge in [-0.3, -0.25) is 4.79 Å². The largest absolute Gasteiger partial charge is 0.494 e. The number of amides is 1. The first-order chi connectivity index (χ1) is 12.4. The van der Waals surface area contributed by atoms with Gasteiger partial charge in [0.1, 0.15) is 11.4 Å². The van der Waals surface area contributed by atoms with Crippen LogP contribution >= 0.6 is 0 Å². The number of carbonyl (C=O) groups excluding carboxylic acids is 1. The van der Waals surface area contributed by atoms with Crippen molar-refractivity contribution in [2.75, 3.05) is 31.6 Å². The number of nitrogens with zero attached hydrogens (tertiary/aromatic N) is 1. The average Bonchev–Trinajstić information content (AvgIpc) is 2.61. The number of anilines is 1. The molecule has 146 valence electrons. The van der Waals surface area contributed by atoms with Crippen molar-refractivity contribution >= 4 is 11.6 Å². The van der Waals surface area contributed by atoms with Gasteiger partial charge in [0.2, 0.25) is 0 Å². The Kier molecular flexibility index (Phi) is 7.91. The number of rotatable bonds is 9. The van der Waals surface area contributed by atoms with E-state index in [1.165, 1.54) is 25.8 Å². The summed E-state index contributed by atoms with van der Waals surface area (Å²) >= 11 is 0. The second kappa shape index (κ2) is 9.93. The number of carbonyl (C=O) groups is 1. The van der Waals surface area contributed by atoms with Gasteiger partial charge in [0.05, 0.1) is 6.61 Å². The fourth-order valence-corrected chi connectivity index (χ4v) is 3.29. The molecule has 0 aromatic heterocycles. The number of ether oxygens (including phenoxy) is 2. The number of hydrogen-bond donors (Lipinski definition) is 1. The Labute approximate surface area is 158 Å². The van der Waals surface area contributed by atoms with E-state index in [0.29, 0.717) is 19.3 Å². The van der Waals surface area contributed by atoms with E-state index in [2.05, 4.69) is 17.1 Å². The lowest BCUT2D eigenvalue weighted by Gasteiger charge is -2.33. The van der Waals surface area contributed by atoms with E-state index < -0.39 is 5.60 Å². The van der Waals surface area contributed by atoms with Crippen molar-refractivity contribution in [1.29, 1.82) is 0 Å². The third-order valence-electron chi connectivity index (χ3n) is 4.96. The topological polar surface area (TPSA) is 50.8 Å². The van der Waals surface area contributed by atoms with Crippen LogP contribution in [-0.4, -0.2) is 48.8 Å². The molecule has 0 aliphatic carbocycles. The molecule has 1 amide bonds. The highest BCUT2D eigenvalue weighted by atomic mass is 16.5. The SMILES string of the molecule is CCOC(C)(C)C(=O)Nc1ccc(OCCCN2CCCC[C@@H]2C)cc1. The maximum atomic E-state index is 12.2. The van der Waals surface area contributed by atoms with Crippen molar-refractivity contribution in [3.05, 3.63) is 24.3 Å². The molecule has 5 nitrogen and oxygen atoms in total. The van der Waals surface area contributed by atoms with Gasteiger partial charge in [-0.15, -0.1) is 0 Å². The second-order valence-corrected chi connectivity index (χ2v) is 7.50. The molecular weight excluding hydrogens is 328 g/mol. The van der Waals surface area contributed by atoms with Crippen LogP contribution in [0.2, 0.25) is 0 Å². The van der Waals surface area contributed by atoms with Crippen molar-refractivity contribution in [2.45, 2.75) is 65.0 Å². The van der Waals surface area contributed by atoms with E-state index >= 15 is 0 Å². The molecule has 5 heteroatoms. The van der Waals surface area contributed by atoms with Crippen LogP contribution in [0, 0.1) is 0 Å². The highest BCUT2D eigenvalue weighted by Crippen LogP contribution is 2.19. The van der Waals surface area contributed by atoms with E-state index in [0.717, 1.165) is 24.4 Å². The standard InChI is InChI=1S/C21H34N2O3/c1-5-26-21(3,4)20(24)22-18-10-12-19(13-11-18)25-16-8-15-23-14-7-6-9-17(23)2/h10-13,17H,5-9,14-16H2,1-4H3,(H,22,24)/t17-/m0/s1. The quantitative estimate of drug-likeness (QED) is 0.673. The van der Waals surface area contributed by atoms with Crippen molar-refractivity contribution < 1.29 is 14.3 Å². The first kappa shape index (κ1) is 20.7. The van der Waals surface area contributed by atoms with Gasteiger partial charge in [-0.05, 0) is 77.8 Å². The smallest absolute Gasteiger partial charge is 0.256 e. The molecule has 1 heterocycles. The van der Waals surface area contributed by atoms with Gasteiger partial charge < -0.3 is 19.7 Å². The molecule has 1 aliphatic rings. The fourth-order valence-electron chi connectivity index (χ4n) is 3.29. The van der Waals surface area contributed by atoms with Crippen molar-refractivity contribution in [3.8, 4) is 5.75 Å². The molecule has 1 atom stereocenters. The zero-order valence-corrected chi connectivity index (χ0v) is 16.7. The molecule has 1 aliphatic heterocycles. The summed E-state index contributed by atoms with van der Waals surface area (Å²) in [4.78, 5) is 14.8. The lowest BCUT2D eigenvalue weighted by molar-refractivity contribution is -0.136. The van der Waals surface area contributed by atoms with Gasteiger partial charge >= 0.3 is 0 Å². The molecule has 0 spiro atoms. The molecular formula is C21H34N2O3. The maximum absolute atomic E-state index is 12.2. The van der Waals surface area contributed by atoms with Crippen LogP contribution in [-0.2, 0) is 9.53 Å². The lowest BCUT2D eigenvalue weighted by atomic mass is 10.0. The summed E-state index contributed by atoms with van der Waals surface area (Å²) in [5.41, 5.74) is -0.0903. The normalized spacial score (nSPS) is 18.5. The molecule has 0 radical (unpaired) electrons. The molecule has 1 aromatic rings. The van der Waals surface area contributed by atoms with Crippen LogP contribution in [0.3, 0.4) is 0 Å². The van der Waals surface area contributed by atoms with Gasteiger partial charge in [0.15, 0.2) is 0 Å². The third-order valence-corrected chi connectivity index (χ3v) is 4.96. The highest BCUT2D eigenvalue weighted by molar-refractivity contribution is 5.96. The summed E-state index contributed by atoms with van der Waals surface area (Å²) in [6, 6.07) is 8.22. The number of benzene rings is 1. The zero-order valence-electron chi connectivity index (χ0n) is 16.7. The first-order valence-corrected chi connectivity index (χ1v) is 9.84. The van der Waals surface area contributed by atoms with E-state index in [1.807, 2.05) is 31.2 Å². The summed E-state index contributed by atoms with van der Waals surface area (Å²) in [6.07, 6.45) is 5.02. The first-order valence-electron chi connectivity index (χ1n) is 9.84. The number of likely N-dealkylation sites (tertiary alicyclic amines) is 1. The van der Waals surface area contributed by atoms with Crippen molar-refractivity contribution in [2.24, 2.45) is 0 Å². The van der Waals surface area contributed by atoms with Crippen LogP contribution in [0.1, 0.15) is 53.4 Å². The minimum atomic E-state index is -0.838. The number of nitrogens with one attached hydrogen (secondary N) is 1. The Morgan fingerprint density at radius 3 is 2.65 bits per heavy atom. The minimum Gasteiger partial charge on any atom is -0.494 e. The Bertz CT molecular complexity index is 557. The molecule has 0 saturated carbocycles. The van der Waals surface area contributed by atoms with Crippen LogP contribution in [0.4, 0.5) is 5.69 Å². The molecule has 1 fully saturated rings. The monoisotopic (exact) mass is 362 g/mol. The van der Waals surface area contributed by atoms with E-state index in [4.69, 9.17) is 9.47 Å². The maximum Gasteiger partial charge on any atom is 0.256 e. The Morgan fingerprint density at radius 1 is 1.27 bits per heavy atom. The molecule has 1 aromatic carbocycles.